The number of nitrogens with zero attached hydrogens (tertiary/aromatic N) is 1. The predicted molar refractivity (Wildman–Crippen MR) is 133 cm³/mol. The molecule has 0 radical (unpaired) electrons. The van der Waals surface area contributed by atoms with Gasteiger partial charge in [0.25, 0.3) is 0 Å². The summed E-state index contributed by atoms with van der Waals surface area (Å²) in [5.41, 5.74) is 6.14. The SMILES string of the molecule is CNc1ccc2nc(-c3ccc(-c4ccc(C5CCC(CC(=O)O)CC5)cc4)cc3F)[nH]c2c1. The molecular weight excluding hydrogens is 429 g/mol. The van der Waals surface area contributed by atoms with Crippen molar-refractivity contribution in [1.82, 2.24) is 9.97 Å². The van der Waals surface area contributed by atoms with E-state index >= 15 is 4.39 Å². The van der Waals surface area contributed by atoms with E-state index in [1.165, 1.54) is 5.56 Å². The van der Waals surface area contributed by atoms with E-state index in [1.54, 1.807) is 12.1 Å². The Morgan fingerprint density at radius 3 is 2.44 bits per heavy atom. The average molecular weight is 458 g/mol. The highest BCUT2D eigenvalue weighted by Gasteiger charge is 2.24. The molecule has 0 unspecified atom stereocenters. The highest BCUT2D eigenvalue weighted by Crippen LogP contribution is 2.38. The average Bonchev–Trinajstić information content (AvgIpc) is 3.27. The van der Waals surface area contributed by atoms with E-state index < -0.39 is 5.97 Å². The van der Waals surface area contributed by atoms with Crippen LogP contribution in [0, 0.1) is 11.7 Å². The number of imidazole rings is 1. The van der Waals surface area contributed by atoms with E-state index in [4.69, 9.17) is 5.11 Å². The lowest BCUT2D eigenvalue weighted by Crippen LogP contribution is -2.16. The summed E-state index contributed by atoms with van der Waals surface area (Å²) in [6.45, 7) is 0. The number of anilines is 1. The Hall–Kier alpha value is -3.67. The summed E-state index contributed by atoms with van der Waals surface area (Å²) in [4.78, 5) is 18.7. The van der Waals surface area contributed by atoms with Crippen molar-refractivity contribution in [2.75, 3.05) is 12.4 Å². The molecule has 3 aromatic carbocycles. The lowest BCUT2D eigenvalue weighted by atomic mass is 9.77. The fourth-order valence-corrected chi connectivity index (χ4v) is 5.07. The highest BCUT2D eigenvalue weighted by molar-refractivity contribution is 5.83. The van der Waals surface area contributed by atoms with Crippen molar-refractivity contribution >= 4 is 22.7 Å². The molecule has 1 aromatic heterocycles. The minimum Gasteiger partial charge on any atom is -0.481 e. The molecule has 1 aliphatic carbocycles. The van der Waals surface area contributed by atoms with Crippen molar-refractivity contribution in [3.05, 3.63) is 72.0 Å². The maximum absolute atomic E-state index is 15.1. The van der Waals surface area contributed by atoms with Gasteiger partial charge < -0.3 is 15.4 Å². The van der Waals surface area contributed by atoms with Crippen LogP contribution in [-0.2, 0) is 4.79 Å². The maximum Gasteiger partial charge on any atom is 0.303 e. The van der Waals surface area contributed by atoms with Crippen molar-refractivity contribution in [2.24, 2.45) is 5.92 Å². The molecule has 1 saturated carbocycles. The van der Waals surface area contributed by atoms with E-state index in [-0.39, 0.29) is 12.2 Å². The van der Waals surface area contributed by atoms with Crippen LogP contribution < -0.4 is 5.32 Å². The van der Waals surface area contributed by atoms with E-state index in [0.717, 1.165) is 53.5 Å². The normalized spacial score (nSPS) is 18.2. The summed E-state index contributed by atoms with van der Waals surface area (Å²) in [5.74, 6) is 0.267. The fourth-order valence-electron chi connectivity index (χ4n) is 5.07. The van der Waals surface area contributed by atoms with Crippen LogP contribution in [0.5, 0.6) is 0 Å². The second-order valence-electron chi connectivity index (χ2n) is 9.20. The summed E-state index contributed by atoms with van der Waals surface area (Å²) in [5, 5.41) is 12.1. The van der Waals surface area contributed by atoms with Crippen LogP contribution in [0.1, 0.15) is 43.6 Å². The van der Waals surface area contributed by atoms with Crippen molar-refractivity contribution < 1.29 is 14.3 Å². The van der Waals surface area contributed by atoms with Gasteiger partial charge in [-0.2, -0.15) is 0 Å². The number of halogens is 1. The van der Waals surface area contributed by atoms with Crippen LogP contribution in [0.3, 0.4) is 0 Å². The number of carboxylic acid groups (broad SMARTS) is 1. The van der Waals surface area contributed by atoms with Crippen LogP contribution >= 0.6 is 0 Å². The third-order valence-electron chi connectivity index (χ3n) is 7.02. The Morgan fingerprint density at radius 2 is 1.76 bits per heavy atom. The number of aromatic amines is 1. The molecule has 1 fully saturated rings. The van der Waals surface area contributed by atoms with E-state index in [1.807, 2.05) is 43.4 Å². The monoisotopic (exact) mass is 457 g/mol. The Bertz CT molecular complexity index is 1320. The van der Waals surface area contributed by atoms with Crippen LogP contribution in [0.25, 0.3) is 33.5 Å². The second kappa shape index (κ2) is 9.29. The Kier molecular flexibility index (Phi) is 6.05. The zero-order chi connectivity index (χ0) is 23.7. The van der Waals surface area contributed by atoms with Gasteiger partial charge in [-0.25, -0.2) is 9.37 Å². The first-order chi connectivity index (χ1) is 16.5. The minimum atomic E-state index is -0.700. The number of aromatic nitrogens is 2. The van der Waals surface area contributed by atoms with Crippen LogP contribution in [0.2, 0.25) is 0 Å². The van der Waals surface area contributed by atoms with Gasteiger partial charge in [0.1, 0.15) is 11.6 Å². The smallest absolute Gasteiger partial charge is 0.303 e. The number of hydrogen-bond donors (Lipinski definition) is 3. The maximum atomic E-state index is 15.1. The third-order valence-corrected chi connectivity index (χ3v) is 7.02. The molecule has 0 saturated heterocycles. The van der Waals surface area contributed by atoms with E-state index in [2.05, 4.69) is 27.4 Å². The van der Waals surface area contributed by atoms with Gasteiger partial charge in [-0.15, -0.1) is 0 Å². The Balaban J connectivity index is 1.31. The molecule has 5 nitrogen and oxygen atoms in total. The number of aliphatic carboxylic acids is 1. The second-order valence-corrected chi connectivity index (χ2v) is 9.20. The lowest BCUT2D eigenvalue weighted by molar-refractivity contribution is -0.138. The van der Waals surface area contributed by atoms with Gasteiger partial charge in [0.05, 0.1) is 16.6 Å². The summed E-state index contributed by atoms with van der Waals surface area (Å²) in [7, 11) is 1.86. The lowest BCUT2D eigenvalue weighted by Gasteiger charge is -2.28. The topological polar surface area (TPSA) is 78.0 Å². The van der Waals surface area contributed by atoms with Crippen LogP contribution in [0.15, 0.2) is 60.7 Å². The first-order valence-corrected chi connectivity index (χ1v) is 11.8. The predicted octanol–water partition coefficient (Wildman–Crippen LogP) is 6.83. The van der Waals surface area contributed by atoms with Crippen molar-refractivity contribution in [3.8, 4) is 22.5 Å². The standard InChI is InChI=1S/C28H28FN3O2/c1-30-22-11-13-25-26(16-22)32-28(31-25)23-12-10-21(15-24(23)29)20-8-6-19(7-9-20)18-4-2-17(3-5-18)14-27(33)34/h6-13,15-18,30H,2-5,14H2,1H3,(H,31,32)(H,33,34). The van der Waals surface area contributed by atoms with E-state index in [9.17, 15) is 4.79 Å². The molecule has 6 heteroatoms. The molecule has 0 atom stereocenters. The number of carboxylic acids is 1. The Morgan fingerprint density at radius 1 is 1.03 bits per heavy atom. The largest absolute Gasteiger partial charge is 0.481 e. The quantitative estimate of drug-likeness (QED) is 0.297. The molecular formula is C28H28FN3O2. The van der Waals surface area contributed by atoms with Gasteiger partial charge in [-0.1, -0.05) is 30.3 Å². The zero-order valence-electron chi connectivity index (χ0n) is 19.1. The minimum absolute atomic E-state index is 0.276. The van der Waals surface area contributed by atoms with Crippen LogP contribution in [-0.4, -0.2) is 28.1 Å². The summed E-state index contributed by atoms with van der Waals surface area (Å²) in [6, 6.07) is 19.4. The van der Waals surface area contributed by atoms with Crippen molar-refractivity contribution in [1.29, 1.82) is 0 Å². The van der Waals surface area contributed by atoms with Crippen molar-refractivity contribution in [2.45, 2.75) is 38.0 Å². The molecule has 4 aromatic rings. The van der Waals surface area contributed by atoms with Gasteiger partial charge >= 0.3 is 5.97 Å². The highest BCUT2D eigenvalue weighted by atomic mass is 19.1. The van der Waals surface area contributed by atoms with Gasteiger partial charge in [0.15, 0.2) is 0 Å². The third kappa shape index (κ3) is 4.53. The number of H-pyrrole nitrogens is 1. The number of nitrogens with one attached hydrogen (secondary N) is 2. The van der Waals surface area contributed by atoms with Gasteiger partial charge in [-0.05, 0) is 84.5 Å². The molecule has 1 aliphatic rings. The van der Waals surface area contributed by atoms with Gasteiger partial charge in [0.2, 0.25) is 0 Å². The van der Waals surface area contributed by atoms with Crippen molar-refractivity contribution in [3.63, 3.8) is 0 Å². The molecule has 1 heterocycles. The summed E-state index contributed by atoms with van der Waals surface area (Å²) in [6.07, 6.45) is 4.24. The molecule has 34 heavy (non-hydrogen) atoms. The fraction of sp³-hybridized carbons (Fsp3) is 0.286. The number of rotatable bonds is 6. The summed E-state index contributed by atoms with van der Waals surface area (Å²) < 4.78 is 15.1. The first-order valence-electron chi connectivity index (χ1n) is 11.8. The number of fused-ring (bicyclic) bond motifs is 1. The first kappa shape index (κ1) is 22.1. The number of carbonyl (C=O) groups is 1. The van der Waals surface area contributed by atoms with Gasteiger partial charge in [-0.3, -0.25) is 4.79 Å². The molecule has 3 N–H and O–H groups in total. The molecule has 0 amide bonds. The van der Waals surface area contributed by atoms with Crippen LogP contribution in [0.4, 0.5) is 10.1 Å². The molecule has 0 bridgehead atoms. The molecule has 5 rings (SSSR count). The Labute approximate surface area is 198 Å². The number of hydrogen-bond acceptors (Lipinski definition) is 3. The van der Waals surface area contributed by atoms with Gasteiger partial charge in [0, 0.05) is 19.2 Å². The van der Waals surface area contributed by atoms with E-state index in [0.29, 0.717) is 23.2 Å². The molecule has 0 spiro atoms. The zero-order valence-corrected chi connectivity index (χ0v) is 19.1. The molecule has 174 valence electrons. The summed E-state index contributed by atoms with van der Waals surface area (Å²) >= 11 is 0. The molecule has 0 aliphatic heterocycles. The number of benzene rings is 3.